The molecule has 32 heavy (non-hydrogen) atoms. The highest BCUT2D eigenvalue weighted by atomic mass is 16.2. The third-order valence-electron chi connectivity index (χ3n) is 5.51. The van der Waals surface area contributed by atoms with Crippen molar-refractivity contribution in [2.24, 2.45) is 0 Å². The molecule has 4 aromatic rings. The first-order valence-electron chi connectivity index (χ1n) is 10.2. The number of hydrogen-bond donors (Lipinski definition) is 1. The van der Waals surface area contributed by atoms with Crippen molar-refractivity contribution in [2.45, 2.75) is 6.54 Å². The van der Waals surface area contributed by atoms with E-state index in [0.717, 1.165) is 5.69 Å². The largest absolute Gasteiger partial charge is 0.320 e. The van der Waals surface area contributed by atoms with E-state index in [1.165, 1.54) is 0 Å². The van der Waals surface area contributed by atoms with Crippen LogP contribution in [-0.4, -0.2) is 45.9 Å². The number of nitrogens with zero attached hydrogens (tertiary/aromatic N) is 3. The van der Waals surface area contributed by atoms with Gasteiger partial charge >= 0.3 is 0 Å². The van der Waals surface area contributed by atoms with Gasteiger partial charge in [0.25, 0.3) is 5.91 Å². The Bertz CT molecular complexity index is 1420. The molecule has 1 N–H and O–H groups in total. The van der Waals surface area contributed by atoms with Crippen LogP contribution in [0.15, 0.2) is 66.9 Å². The van der Waals surface area contributed by atoms with Gasteiger partial charge in [-0.1, -0.05) is 42.5 Å². The summed E-state index contributed by atoms with van der Waals surface area (Å²) >= 11 is 0. The number of amides is 1. The first kappa shape index (κ1) is 19.8. The molecule has 0 aliphatic heterocycles. The summed E-state index contributed by atoms with van der Waals surface area (Å²) in [6, 6.07) is 17.2. The lowest BCUT2D eigenvalue weighted by Crippen LogP contribution is -2.24. The van der Waals surface area contributed by atoms with Crippen molar-refractivity contribution in [2.75, 3.05) is 19.4 Å². The molecule has 0 bridgehead atoms. The van der Waals surface area contributed by atoms with Gasteiger partial charge in [-0.3, -0.25) is 14.4 Å². The van der Waals surface area contributed by atoms with E-state index in [9.17, 15) is 14.4 Å². The molecule has 5 rings (SSSR count). The quantitative estimate of drug-likeness (QED) is 0.478. The summed E-state index contributed by atoms with van der Waals surface area (Å²) in [4.78, 5) is 46.0. The van der Waals surface area contributed by atoms with Gasteiger partial charge in [0.15, 0.2) is 17.3 Å². The summed E-state index contributed by atoms with van der Waals surface area (Å²) in [5, 5.41) is 2.84. The number of anilines is 1. The molecule has 1 amide bonds. The highest BCUT2D eigenvalue weighted by Gasteiger charge is 2.32. The fourth-order valence-corrected chi connectivity index (χ4v) is 4.11. The third kappa shape index (κ3) is 3.11. The molecule has 0 unspecified atom stereocenters. The molecule has 7 nitrogen and oxygen atoms in total. The molecule has 0 saturated carbocycles. The van der Waals surface area contributed by atoms with Crippen molar-refractivity contribution in [1.29, 1.82) is 0 Å². The van der Waals surface area contributed by atoms with Crippen LogP contribution in [0.1, 0.15) is 48.0 Å². The maximum Gasteiger partial charge on any atom is 0.276 e. The maximum atomic E-state index is 13.3. The van der Waals surface area contributed by atoms with E-state index in [-0.39, 0.29) is 28.4 Å². The highest BCUT2D eigenvalue weighted by molar-refractivity contribution is 6.30. The topological polar surface area (TPSA) is 83.8 Å². The number of rotatable bonds is 4. The molecular weight excluding hydrogens is 404 g/mol. The predicted octanol–water partition coefficient (Wildman–Crippen LogP) is 3.42. The smallest absolute Gasteiger partial charge is 0.276 e. The van der Waals surface area contributed by atoms with Crippen molar-refractivity contribution in [1.82, 2.24) is 14.3 Å². The number of aromatic nitrogens is 2. The van der Waals surface area contributed by atoms with Crippen molar-refractivity contribution < 1.29 is 14.4 Å². The Kier molecular flexibility index (Phi) is 4.68. The number of ketones is 2. The normalized spacial score (nSPS) is 12.7. The van der Waals surface area contributed by atoms with E-state index in [2.05, 4.69) is 10.3 Å². The van der Waals surface area contributed by atoms with Gasteiger partial charge in [-0.15, -0.1) is 0 Å². The lowest BCUT2D eigenvalue weighted by atomic mass is 9.83. The summed E-state index contributed by atoms with van der Waals surface area (Å²) in [6.45, 7) is 0.506. The first-order chi connectivity index (χ1) is 15.5. The van der Waals surface area contributed by atoms with E-state index in [4.69, 9.17) is 0 Å². The van der Waals surface area contributed by atoms with Crippen molar-refractivity contribution >= 4 is 28.8 Å². The number of carbonyl (C=O) groups is 3. The maximum absolute atomic E-state index is 13.3. The average Bonchev–Trinajstić information content (AvgIpc) is 3.15. The van der Waals surface area contributed by atoms with Gasteiger partial charge in [0.05, 0.1) is 16.9 Å². The number of nitrogens with one attached hydrogen (secondary N) is 1. The first-order valence-corrected chi connectivity index (χ1v) is 10.2. The lowest BCUT2D eigenvalue weighted by molar-refractivity contribution is 0.0978. The Labute approximate surface area is 184 Å². The number of fused-ring (bicyclic) bond motifs is 3. The van der Waals surface area contributed by atoms with E-state index in [1.807, 2.05) is 47.8 Å². The summed E-state index contributed by atoms with van der Waals surface area (Å²) in [5.74, 6) is -0.944. The molecule has 2 aromatic heterocycles. The van der Waals surface area contributed by atoms with Gasteiger partial charge in [-0.05, 0) is 32.3 Å². The summed E-state index contributed by atoms with van der Waals surface area (Å²) in [5.41, 5.74) is 3.18. The summed E-state index contributed by atoms with van der Waals surface area (Å²) < 4.78 is 1.88. The molecule has 1 aliphatic carbocycles. The molecule has 0 radical (unpaired) electrons. The second kappa shape index (κ2) is 7.55. The van der Waals surface area contributed by atoms with Gasteiger partial charge in [0, 0.05) is 29.4 Å². The highest BCUT2D eigenvalue weighted by Crippen LogP contribution is 2.32. The van der Waals surface area contributed by atoms with E-state index >= 15 is 0 Å². The Hall–Kier alpha value is -4.10. The molecule has 2 heterocycles. The minimum Gasteiger partial charge on any atom is -0.320 e. The van der Waals surface area contributed by atoms with Crippen LogP contribution in [0.3, 0.4) is 0 Å². The van der Waals surface area contributed by atoms with Crippen LogP contribution in [0, 0.1) is 0 Å². The van der Waals surface area contributed by atoms with Crippen LogP contribution in [0.2, 0.25) is 0 Å². The van der Waals surface area contributed by atoms with Crippen LogP contribution in [-0.2, 0) is 6.54 Å². The number of carbonyl (C=O) groups excluding carboxylic acids is 3. The zero-order valence-corrected chi connectivity index (χ0v) is 17.6. The van der Waals surface area contributed by atoms with Crippen LogP contribution < -0.4 is 5.32 Å². The number of hydrogen-bond acceptors (Lipinski definition) is 5. The van der Waals surface area contributed by atoms with Crippen LogP contribution in [0.25, 0.3) is 5.65 Å². The number of benzene rings is 2. The minimum atomic E-state index is -0.432. The number of pyridine rings is 1. The van der Waals surface area contributed by atoms with Gasteiger partial charge in [-0.2, -0.15) is 0 Å². The zero-order valence-electron chi connectivity index (χ0n) is 17.6. The minimum absolute atomic E-state index is 0.211. The summed E-state index contributed by atoms with van der Waals surface area (Å²) in [7, 11) is 3.83. The molecule has 2 aromatic carbocycles. The molecular formula is C25H20N4O3. The predicted molar refractivity (Wildman–Crippen MR) is 120 cm³/mol. The Morgan fingerprint density at radius 3 is 2.34 bits per heavy atom. The fourth-order valence-electron chi connectivity index (χ4n) is 4.11. The Morgan fingerprint density at radius 1 is 0.906 bits per heavy atom. The molecule has 0 spiro atoms. The van der Waals surface area contributed by atoms with E-state index < -0.39 is 5.91 Å². The fraction of sp³-hybridized carbons (Fsp3) is 0.120. The van der Waals surface area contributed by atoms with E-state index in [0.29, 0.717) is 29.0 Å². The van der Waals surface area contributed by atoms with Gasteiger partial charge in [0.2, 0.25) is 0 Å². The molecule has 0 fully saturated rings. The molecule has 0 saturated heterocycles. The molecule has 1 aliphatic rings. The molecule has 7 heteroatoms. The third-order valence-corrected chi connectivity index (χ3v) is 5.51. The van der Waals surface area contributed by atoms with Crippen molar-refractivity contribution in [3.8, 4) is 0 Å². The monoisotopic (exact) mass is 424 g/mol. The standard InChI is InChI=1S/C25H20N4O3/c1-28(2)14-19-22(27-20-12-5-6-13-29(19)20)25(32)26-18-11-7-10-17-21(18)24(31)16-9-4-3-8-15(16)23(17)30/h3-13H,14H2,1-2H3,(H,26,32). The van der Waals surface area contributed by atoms with Crippen LogP contribution in [0.4, 0.5) is 5.69 Å². The Balaban J connectivity index is 1.58. The zero-order chi connectivity index (χ0) is 22.4. The average molecular weight is 424 g/mol. The van der Waals surface area contributed by atoms with Gasteiger partial charge < -0.3 is 14.6 Å². The lowest BCUT2D eigenvalue weighted by Gasteiger charge is -2.20. The second-order valence-corrected chi connectivity index (χ2v) is 7.96. The van der Waals surface area contributed by atoms with Crippen molar-refractivity contribution in [3.63, 3.8) is 0 Å². The van der Waals surface area contributed by atoms with Crippen LogP contribution >= 0.6 is 0 Å². The van der Waals surface area contributed by atoms with Crippen LogP contribution in [0.5, 0.6) is 0 Å². The number of imidazole rings is 1. The van der Waals surface area contributed by atoms with Gasteiger partial charge in [-0.25, -0.2) is 4.98 Å². The second-order valence-electron chi connectivity index (χ2n) is 7.96. The molecule has 158 valence electrons. The van der Waals surface area contributed by atoms with Crippen molar-refractivity contribution in [3.05, 3.63) is 101 Å². The van der Waals surface area contributed by atoms with E-state index in [1.54, 1.807) is 42.5 Å². The SMILES string of the molecule is CN(C)Cc1c(C(=O)Nc2cccc3c2C(=O)c2ccccc2C3=O)nc2ccccn12. The van der Waals surface area contributed by atoms with Gasteiger partial charge in [0.1, 0.15) is 5.65 Å². The molecule has 0 atom stereocenters. The summed E-state index contributed by atoms with van der Waals surface area (Å²) in [6.07, 6.45) is 1.86. The Morgan fingerprint density at radius 2 is 1.59 bits per heavy atom.